The maximum Gasteiger partial charge on any atom is 0.258 e. The standard InChI is InChI=1S/C16H22Cl2N2O3/c1-3-11(4-2)16(22)20-8-7-19-15(21)10-23-14-6-5-12(17)9-13(14)18/h5-6,9,11H,3-4,7-8,10H2,1-2H3,(H,19,21)(H,20,22). The van der Waals surface area contributed by atoms with Gasteiger partial charge in [-0.15, -0.1) is 0 Å². The highest BCUT2D eigenvalue weighted by molar-refractivity contribution is 6.35. The van der Waals surface area contributed by atoms with Crippen LogP contribution in [-0.4, -0.2) is 31.5 Å². The summed E-state index contributed by atoms with van der Waals surface area (Å²) in [6.45, 7) is 4.55. The van der Waals surface area contributed by atoms with Gasteiger partial charge >= 0.3 is 0 Å². The van der Waals surface area contributed by atoms with Crippen LogP contribution < -0.4 is 15.4 Å². The molecule has 0 unspecified atom stereocenters. The molecule has 0 aliphatic heterocycles. The lowest BCUT2D eigenvalue weighted by Gasteiger charge is -2.13. The number of carbonyl (C=O) groups is 2. The smallest absolute Gasteiger partial charge is 0.258 e. The van der Waals surface area contributed by atoms with Crippen LogP contribution in [0.2, 0.25) is 10.0 Å². The van der Waals surface area contributed by atoms with E-state index in [4.69, 9.17) is 27.9 Å². The highest BCUT2D eigenvalue weighted by Crippen LogP contribution is 2.27. The minimum Gasteiger partial charge on any atom is -0.482 e. The average molecular weight is 361 g/mol. The van der Waals surface area contributed by atoms with Crippen molar-refractivity contribution in [3.05, 3.63) is 28.2 Å². The minimum absolute atomic E-state index is 0.0217. The minimum atomic E-state index is -0.284. The summed E-state index contributed by atoms with van der Waals surface area (Å²) in [6, 6.07) is 4.78. The van der Waals surface area contributed by atoms with E-state index in [1.807, 2.05) is 13.8 Å². The predicted octanol–water partition coefficient (Wildman–Crippen LogP) is 3.04. The van der Waals surface area contributed by atoms with Crippen molar-refractivity contribution >= 4 is 35.0 Å². The first kappa shape index (κ1) is 19.6. The molecule has 2 N–H and O–H groups in total. The van der Waals surface area contributed by atoms with Crippen molar-refractivity contribution in [1.82, 2.24) is 10.6 Å². The maximum absolute atomic E-state index is 11.8. The fraction of sp³-hybridized carbons (Fsp3) is 0.500. The van der Waals surface area contributed by atoms with Crippen LogP contribution in [0.3, 0.4) is 0 Å². The predicted molar refractivity (Wildman–Crippen MR) is 92.0 cm³/mol. The van der Waals surface area contributed by atoms with Crippen molar-refractivity contribution in [3.63, 3.8) is 0 Å². The van der Waals surface area contributed by atoms with Crippen molar-refractivity contribution in [3.8, 4) is 5.75 Å². The SMILES string of the molecule is CCC(CC)C(=O)NCCNC(=O)COc1ccc(Cl)cc1Cl. The topological polar surface area (TPSA) is 67.4 Å². The van der Waals surface area contributed by atoms with Crippen LogP contribution in [0, 0.1) is 5.92 Å². The van der Waals surface area contributed by atoms with Crippen LogP contribution in [0.5, 0.6) is 5.75 Å². The first-order chi connectivity index (χ1) is 11.0. The number of rotatable bonds is 9. The molecule has 0 radical (unpaired) electrons. The van der Waals surface area contributed by atoms with Crippen LogP contribution in [0.4, 0.5) is 0 Å². The van der Waals surface area contributed by atoms with Crippen LogP contribution in [0.15, 0.2) is 18.2 Å². The second-order valence-corrected chi connectivity index (χ2v) is 5.86. The largest absolute Gasteiger partial charge is 0.482 e. The van der Waals surface area contributed by atoms with Crippen molar-refractivity contribution < 1.29 is 14.3 Å². The number of amides is 2. The highest BCUT2D eigenvalue weighted by Gasteiger charge is 2.13. The quantitative estimate of drug-likeness (QED) is 0.665. The van der Waals surface area contributed by atoms with Crippen LogP contribution in [-0.2, 0) is 9.59 Å². The van der Waals surface area contributed by atoms with Crippen molar-refractivity contribution in [2.75, 3.05) is 19.7 Å². The van der Waals surface area contributed by atoms with Gasteiger partial charge in [-0.25, -0.2) is 0 Å². The summed E-state index contributed by atoms with van der Waals surface area (Å²) in [5, 5.41) is 6.31. The number of ether oxygens (including phenoxy) is 1. The molecule has 0 fully saturated rings. The number of hydrogen-bond donors (Lipinski definition) is 2. The van der Waals surface area contributed by atoms with Gasteiger partial charge in [-0.3, -0.25) is 9.59 Å². The summed E-state index contributed by atoms with van der Waals surface area (Å²) in [4.78, 5) is 23.4. The fourth-order valence-corrected chi connectivity index (χ4v) is 2.44. The molecule has 1 rings (SSSR count). The monoisotopic (exact) mass is 360 g/mol. The molecule has 0 spiro atoms. The molecular formula is C16H22Cl2N2O3. The summed E-state index contributed by atoms with van der Waals surface area (Å²) in [5.74, 6) is 0.163. The third-order valence-electron chi connectivity index (χ3n) is 3.36. The third kappa shape index (κ3) is 7.10. The highest BCUT2D eigenvalue weighted by atomic mass is 35.5. The zero-order valence-electron chi connectivity index (χ0n) is 13.3. The molecule has 128 valence electrons. The molecule has 5 nitrogen and oxygen atoms in total. The zero-order valence-corrected chi connectivity index (χ0v) is 14.8. The van der Waals surface area contributed by atoms with Crippen LogP contribution >= 0.6 is 23.2 Å². The van der Waals surface area contributed by atoms with E-state index in [2.05, 4.69) is 10.6 Å². The Balaban J connectivity index is 2.23. The molecule has 0 bridgehead atoms. The molecule has 7 heteroatoms. The summed E-state index contributed by atoms with van der Waals surface area (Å²) in [7, 11) is 0. The molecule has 0 aliphatic carbocycles. The molecule has 2 amide bonds. The maximum atomic E-state index is 11.8. The summed E-state index contributed by atoms with van der Waals surface area (Å²) in [6.07, 6.45) is 1.62. The van der Waals surface area contributed by atoms with Gasteiger partial charge < -0.3 is 15.4 Å². The number of halogens is 2. The Morgan fingerprint density at radius 1 is 1.13 bits per heavy atom. The summed E-state index contributed by atoms with van der Waals surface area (Å²) in [5.41, 5.74) is 0. The van der Waals surface area contributed by atoms with Gasteiger partial charge in [0.05, 0.1) is 5.02 Å². The lowest BCUT2D eigenvalue weighted by Crippen LogP contribution is -2.38. The van der Waals surface area contributed by atoms with Crippen LogP contribution in [0.1, 0.15) is 26.7 Å². The molecule has 0 aliphatic rings. The second kappa shape index (κ2) is 10.3. The molecule has 1 aromatic rings. The molecule has 0 saturated carbocycles. The molecular weight excluding hydrogens is 339 g/mol. The Morgan fingerprint density at radius 2 is 1.78 bits per heavy atom. The normalized spacial score (nSPS) is 10.5. The van der Waals surface area contributed by atoms with E-state index in [1.54, 1.807) is 18.2 Å². The lowest BCUT2D eigenvalue weighted by molar-refractivity contribution is -0.126. The number of nitrogens with one attached hydrogen (secondary N) is 2. The Bertz CT molecular complexity index is 534. The molecule has 0 heterocycles. The second-order valence-electron chi connectivity index (χ2n) is 5.02. The van der Waals surface area contributed by atoms with E-state index in [0.717, 1.165) is 12.8 Å². The number of carbonyl (C=O) groups excluding carboxylic acids is 2. The molecule has 0 saturated heterocycles. The van der Waals surface area contributed by atoms with E-state index in [0.29, 0.717) is 28.9 Å². The number of hydrogen-bond acceptors (Lipinski definition) is 3. The van der Waals surface area contributed by atoms with Crippen molar-refractivity contribution in [1.29, 1.82) is 0 Å². The van der Waals surface area contributed by atoms with Gasteiger partial charge in [0.1, 0.15) is 5.75 Å². The molecule has 1 aromatic carbocycles. The zero-order chi connectivity index (χ0) is 17.2. The van der Waals surface area contributed by atoms with Crippen LogP contribution in [0.25, 0.3) is 0 Å². The Labute approximate surface area is 146 Å². The molecule has 0 aromatic heterocycles. The molecule has 0 atom stereocenters. The fourth-order valence-electron chi connectivity index (χ4n) is 1.98. The van der Waals surface area contributed by atoms with Gasteiger partial charge in [0.2, 0.25) is 5.91 Å². The van der Waals surface area contributed by atoms with Gasteiger partial charge in [0.15, 0.2) is 6.61 Å². The van der Waals surface area contributed by atoms with E-state index in [1.165, 1.54) is 0 Å². The van der Waals surface area contributed by atoms with Gasteiger partial charge in [0.25, 0.3) is 5.91 Å². The van der Waals surface area contributed by atoms with E-state index in [9.17, 15) is 9.59 Å². The Hall–Kier alpha value is -1.46. The van der Waals surface area contributed by atoms with E-state index in [-0.39, 0.29) is 24.3 Å². The van der Waals surface area contributed by atoms with Gasteiger partial charge in [0, 0.05) is 24.0 Å². The third-order valence-corrected chi connectivity index (χ3v) is 3.89. The Kier molecular flexibility index (Phi) is 8.81. The lowest BCUT2D eigenvalue weighted by atomic mass is 10.0. The Morgan fingerprint density at radius 3 is 2.39 bits per heavy atom. The van der Waals surface area contributed by atoms with Crippen molar-refractivity contribution in [2.24, 2.45) is 5.92 Å². The summed E-state index contributed by atoms with van der Waals surface area (Å²) < 4.78 is 5.31. The number of benzene rings is 1. The van der Waals surface area contributed by atoms with E-state index < -0.39 is 0 Å². The van der Waals surface area contributed by atoms with Gasteiger partial charge in [-0.2, -0.15) is 0 Å². The van der Waals surface area contributed by atoms with Crippen molar-refractivity contribution in [2.45, 2.75) is 26.7 Å². The van der Waals surface area contributed by atoms with Gasteiger partial charge in [-0.1, -0.05) is 37.0 Å². The first-order valence-corrected chi connectivity index (χ1v) is 8.35. The summed E-state index contributed by atoms with van der Waals surface area (Å²) >= 11 is 11.7. The van der Waals surface area contributed by atoms with E-state index >= 15 is 0 Å². The van der Waals surface area contributed by atoms with Gasteiger partial charge in [-0.05, 0) is 31.0 Å². The average Bonchev–Trinajstić information content (AvgIpc) is 2.52. The molecule has 23 heavy (non-hydrogen) atoms. The first-order valence-electron chi connectivity index (χ1n) is 7.60.